The van der Waals surface area contributed by atoms with Gasteiger partial charge in [0.15, 0.2) is 0 Å². The quantitative estimate of drug-likeness (QED) is 0.752. The van der Waals surface area contributed by atoms with E-state index < -0.39 is 10.0 Å². The van der Waals surface area contributed by atoms with Gasteiger partial charge in [-0.2, -0.15) is 0 Å². The van der Waals surface area contributed by atoms with Gasteiger partial charge in [0, 0.05) is 20.6 Å². The molecule has 0 bridgehead atoms. The van der Waals surface area contributed by atoms with E-state index in [2.05, 4.69) is 11.4 Å². The van der Waals surface area contributed by atoms with Crippen LogP contribution in [0, 0.1) is 13.8 Å². The van der Waals surface area contributed by atoms with Crippen LogP contribution in [0.4, 0.5) is 0 Å². The lowest BCUT2D eigenvalue weighted by atomic mass is 10.1. The highest BCUT2D eigenvalue weighted by Crippen LogP contribution is 2.18. The standard InChI is InChI=1S/C20H26N2O4S/c1-15-11-16(2)13-18(12-15)26-10-9-20(23)21-14-17-7-5-6-8-19(17)27(24,25)22(3)4/h5-8,11-13H,9-10,14H2,1-4H3,(H,21,23). The third-order valence-corrected chi connectivity index (χ3v) is 5.92. The van der Waals surface area contributed by atoms with E-state index in [1.807, 2.05) is 26.0 Å². The minimum absolute atomic E-state index is 0.144. The van der Waals surface area contributed by atoms with E-state index in [0.29, 0.717) is 5.56 Å². The largest absolute Gasteiger partial charge is 0.493 e. The number of carbonyl (C=O) groups excluding carboxylic acids is 1. The minimum Gasteiger partial charge on any atom is -0.493 e. The van der Waals surface area contributed by atoms with Gasteiger partial charge in [-0.25, -0.2) is 12.7 Å². The summed E-state index contributed by atoms with van der Waals surface area (Å²) in [6.07, 6.45) is 0.190. The number of hydrogen-bond acceptors (Lipinski definition) is 4. The molecule has 1 N–H and O–H groups in total. The number of carbonyl (C=O) groups is 1. The summed E-state index contributed by atoms with van der Waals surface area (Å²) in [5.41, 5.74) is 2.76. The second-order valence-electron chi connectivity index (χ2n) is 6.59. The molecule has 2 aromatic carbocycles. The van der Waals surface area contributed by atoms with E-state index in [-0.39, 0.29) is 30.4 Å². The third-order valence-electron chi connectivity index (χ3n) is 4.00. The van der Waals surface area contributed by atoms with Gasteiger partial charge in [0.05, 0.1) is 17.9 Å². The van der Waals surface area contributed by atoms with Crippen LogP contribution >= 0.6 is 0 Å². The molecule has 1 amide bonds. The van der Waals surface area contributed by atoms with Gasteiger partial charge in [-0.1, -0.05) is 24.3 Å². The molecule has 2 aromatic rings. The zero-order valence-corrected chi connectivity index (χ0v) is 17.0. The molecule has 6 nitrogen and oxygen atoms in total. The molecule has 0 heterocycles. The molecule has 0 aliphatic carbocycles. The predicted molar refractivity (Wildman–Crippen MR) is 105 cm³/mol. The van der Waals surface area contributed by atoms with Gasteiger partial charge < -0.3 is 10.1 Å². The molecule has 0 radical (unpaired) electrons. The maximum Gasteiger partial charge on any atom is 0.242 e. The Morgan fingerprint density at radius 2 is 1.70 bits per heavy atom. The lowest BCUT2D eigenvalue weighted by Gasteiger charge is -2.15. The molecular weight excluding hydrogens is 364 g/mol. The summed E-state index contributed by atoms with van der Waals surface area (Å²) in [7, 11) is -0.597. The van der Waals surface area contributed by atoms with Crippen molar-refractivity contribution in [2.45, 2.75) is 31.7 Å². The van der Waals surface area contributed by atoms with Crippen LogP contribution in [0.15, 0.2) is 47.4 Å². The average Bonchev–Trinajstić information content (AvgIpc) is 2.59. The van der Waals surface area contributed by atoms with Crippen molar-refractivity contribution in [3.63, 3.8) is 0 Å². The maximum atomic E-state index is 12.4. The van der Waals surface area contributed by atoms with Crippen molar-refractivity contribution in [2.24, 2.45) is 0 Å². The Kier molecular flexibility index (Phi) is 6.98. The summed E-state index contributed by atoms with van der Waals surface area (Å²) >= 11 is 0. The number of amides is 1. The second kappa shape index (κ2) is 9.01. The van der Waals surface area contributed by atoms with Gasteiger partial charge in [-0.05, 0) is 48.7 Å². The summed E-state index contributed by atoms with van der Waals surface area (Å²) < 4.78 is 31.5. The zero-order chi connectivity index (χ0) is 20.0. The minimum atomic E-state index is -3.56. The lowest BCUT2D eigenvalue weighted by Crippen LogP contribution is -2.27. The molecule has 0 unspecified atom stereocenters. The summed E-state index contributed by atoms with van der Waals surface area (Å²) in [5.74, 6) is 0.541. The molecule has 2 rings (SSSR count). The predicted octanol–water partition coefficient (Wildman–Crippen LogP) is 2.64. The maximum absolute atomic E-state index is 12.4. The molecule has 0 atom stereocenters. The Morgan fingerprint density at radius 1 is 1.07 bits per heavy atom. The summed E-state index contributed by atoms with van der Waals surface area (Å²) in [5, 5.41) is 2.76. The van der Waals surface area contributed by atoms with E-state index in [1.54, 1.807) is 24.3 Å². The number of ether oxygens (including phenoxy) is 1. The third kappa shape index (κ3) is 5.80. The van der Waals surface area contributed by atoms with Gasteiger partial charge in [-0.15, -0.1) is 0 Å². The molecule has 0 aromatic heterocycles. The van der Waals surface area contributed by atoms with Crippen molar-refractivity contribution in [3.05, 3.63) is 59.2 Å². The average molecular weight is 391 g/mol. The van der Waals surface area contributed by atoms with E-state index in [1.165, 1.54) is 14.1 Å². The van der Waals surface area contributed by atoms with Crippen molar-refractivity contribution in [2.75, 3.05) is 20.7 Å². The van der Waals surface area contributed by atoms with Crippen LogP contribution in [0.3, 0.4) is 0 Å². The van der Waals surface area contributed by atoms with Crippen molar-refractivity contribution >= 4 is 15.9 Å². The molecular formula is C20H26N2O4S. The van der Waals surface area contributed by atoms with E-state index >= 15 is 0 Å². The van der Waals surface area contributed by atoms with Crippen LogP contribution in [0.25, 0.3) is 0 Å². The van der Waals surface area contributed by atoms with Crippen molar-refractivity contribution in [3.8, 4) is 5.75 Å². The van der Waals surface area contributed by atoms with Gasteiger partial charge >= 0.3 is 0 Å². The van der Waals surface area contributed by atoms with Gasteiger partial charge in [-0.3, -0.25) is 4.79 Å². The van der Waals surface area contributed by atoms with Crippen LogP contribution in [-0.4, -0.2) is 39.3 Å². The van der Waals surface area contributed by atoms with Crippen molar-refractivity contribution in [1.29, 1.82) is 0 Å². The first-order chi connectivity index (χ1) is 12.7. The van der Waals surface area contributed by atoms with Crippen LogP contribution in [0.1, 0.15) is 23.1 Å². The molecule has 7 heteroatoms. The topological polar surface area (TPSA) is 75.7 Å². The molecule has 0 fully saturated rings. The first kappa shape index (κ1) is 20.9. The van der Waals surface area contributed by atoms with E-state index in [4.69, 9.17) is 4.74 Å². The number of nitrogens with zero attached hydrogens (tertiary/aromatic N) is 1. The SMILES string of the molecule is Cc1cc(C)cc(OCCC(=O)NCc2ccccc2S(=O)(=O)N(C)C)c1. The molecule has 0 aliphatic rings. The lowest BCUT2D eigenvalue weighted by molar-refractivity contribution is -0.121. The normalized spacial score (nSPS) is 11.4. The Hall–Kier alpha value is -2.38. The zero-order valence-electron chi connectivity index (χ0n) is 16.2. The van der Waals surface area contributed by atoms with Crippen LogP contribution < -0.4 is 10.1 Å². The Labute approximate surface area is 161 Å². The van der Waals surface area contributed by atoms with E-state index in [0.717, 1.165) is 21.2 Å². The highest BCUT2D eigenvalue weighted by Gasteiger charge is 2.20. The smallest absolute Gasteiger partial charge is 0.242 e. The van der Waals surface area contributed by atoms with Crippen LogP contribution in [0.2, 0.25) is 0 Å². The molecule has 27 heavy (non-hydrogen) atoms. The van der Waals surface area contributed by atoms with Gasteiger partial charge in [0.1, 0.15) is 5.75 Å². The fourth-order valence-corrected chi connectivity index (χ4v) is 3.77. The Bertz CT molecular complexity index is 888. The molecule has 0 saturated heterocycles. The highest BCUT2D eigenvalue weighted by molar-refractivity contribution is 7.89. The number of benzene rings is 2. The fourth-order valence-electron chi connectivity index (χ4n) is 2.66. The first-order valence-corrected chi connectivity index (χ1v) is 10.1. The molecule has 0 aliphatic heterocycles. The molecule has 0 saturated carbocycles. The number of sulfonamides is 1. The van der Waals surface area contributed by atoms with Crippen LogP contribution in [0.5, 0.6) is 5.75 Å². The fraction of sp³-hybridized carbons (Fsp3) is 0.350. The Balaban J connectivity index is 1.91. The van der Waals surface area contributed by atoms with Crippen molar-refractivity contribution in [1.82, 2.24) is 9.62 Å². The van der Waals surface area contributed by atoms with Gasteiger partial charge in [0.2, 0.25) is 15.9 Å². The highest BCUT2D eigenvalue weighted by atomic mass is 32.2. The molecule has 0 spiro atoms. The number of nitrogens with one attached hydrogen (secondary N) is 1. The monoisotopic (exact) mass is 390 g/mol. The van der Waals surface area contributed by atoms with E-state index in [9.17, 15) is 13.2 Å². The van der Waals surface area contributed by atoms with Gasteiger partial charge in [0.25, 0.3) is 0 Å². The Morgan fingerprint density at radius 3 is 2.33 bits per heavy atom. The summed E-state index contributed by atoms with van der Waals surface area (Å²) in [4.78, 5) is 12.3. The first-order valence-electron chi connectivity index (χ1n) is 8.68. The summed E-state index contributed by atoms with van der Waals surface area (Å²) in [6, 6.07) is 12.6. The van der Waals surface area contributed by atoms with Crippen molar-refractivity contribution < 1.29 is 17.9 Å². The van der Waals surface area contributed by atoms with Crippen LogP contribution in [-0.2, 0) is 21.4 Å². The summed E-state index contributed by atoms with van der Waals surface area (Å²) in [6.45, 7) is 4.38. The molecule has 146 valence electrons. The number of aryl methyl sites for hydroxylation is 2. The number of hydrogen-bond donors (Lipinski definition) is 1. The second-order valence-corrected chi connectivity index (χ2v) is 8.71. The number of rotatable bonds is 8.